The Labute approximate surface area is 83.3 Å². The average molecular weight is 197 g/mol. The third-order valence-electron chi connectivity index (χ3n) is 2.52. The van der Waals surface area contributed by atoms with Crippen molar-refractivity contribution >= 4 is 17.3 Å². The van der Waals surface area contributed by atoms with Crippen molar-refractivity contribution in [3.8, 4) is 0 Å². The van der Waals surface area contributed by atoms with Gasteiger partial charge in [0.1, 0.15) is 0 Å². The number of nitrogens with one attached hydrogen (secondary N) is 2. The van der Waals surface area contributed by atoms with Gasteiger partial charge < -0.3 is 10.6 Å². The van der Waals surface area contributed by atoms with Crippen LogP contribution in [0.25, 0.3) is 0 Å². The molecule has 0 aromatic heterocycles. The highest BCUT2D eigenvalue weighted by atomic mass is 35.5. The molecule has 1 unspecified atom stereocenters. The van der Waals surface area contributed by atoms with Gasteiger partial charge >= 0.3 is 0 Å². The largest absolute Gasteiger partial charge is 0.383 e. The number of likely N-dealkylation sites (N-methyl/N-ethyl adjacent to an activating group) is 1. The molecule has 2 nitrogen and oxygen atoms in total. The van der Waals surface area contributed by atoms with Crippen LogP contribution in [0.15, 0.2) is 18.2 Å². The predicted molar refractivity (Wildman–Crippen MR) is 56.5 cm³/mol. The van der Waals surface area contributed by atoms with Crippen molar-refractivity contribution in [1.29, 1.82) is 0 Å². The zero-order valence-electron chi connectivity index (χ0n) is 7.60. The maximum absolute atomic E-state index is 6.10. The van der Waals surface area contributed by atoms with E-state index in [4.69, 9.17) is 11.6 Å². The smallest absolute Gasteiger partial charge is 0.0459 e. The van der Waals surface area contributed by atoms with E-state index in [-0.39, 0.29) is 0 Å². The van der Waals surface area contributed by atoms with E-state index < -0.39 is 0 Å². The van der Waals surface area contributed by atoms with Crippen molar-refractivity contribution < 1.29 is 0 Å². The van der Waals surface area contributed by atoms with Crippen LogP contribution in [0.4, 0.5) is 5.69 Å². The molecule has 0 saturated carbocycles. The van der Waals surface area contributed by atoms with Gasteiger partial charge in [0.15, 0.2) is 0 Å². The van der Waals surface area contributed by atoms with Crippen LogP contribution < -0.4 is 10.6 Å². The molecule has 0 aliphatic carbocycles. The summed E-state index contributed by atoms with van der Waals surface area (Å²) in [6.07, 6.45) is 1.01. The van der Waals surface area contributed by atoms with E-state index in [1.807, 2.05) is 19.2 Å². The molecule has 0 amide bonds. The Bertz CT molecular complexity index is 312. The normalized spacial score (nSPS) is 20.6. The number of hydrogen-bond acceptors (Lipinski definition) is 2. The molecule has 2 rings (SSSR count). The van der Waals surface area contributed by atoms with Gasteiger partial charge in [-0.05, 0) is 31.2 Å². The molecule has 0 fully saturated rings. The van der Waals surface area contributed by atoms with Gasteiger partial charge in [-0.2, -0.15) is 0 Å². The zero-order chi connectivity index (χ0) is 9.26. The molecule has 0 spiro atoms. The van der Waals surface area contributed by atoms with Gasteiger partial charge in [-0.1, -0.05) is 17.7 Å². The van der Waals surface area contributed by atoms with Crippen molar-refractivity contribution in [2.24, 2.45) is 0 Å². The van der Waals surface area contributed by atoms with Crippen LogP contribution in [0.1, 0.15) is 5.56 Å². The minimum absolute atomic E-state index is 0.493. The Kier molecular flexibility index (Phi) is 2.42. The fourth-order valence-electron chi connectivity index (χ4n) is 1.69. The molecule has 70 valence electrons. The monoisotopic (exact) mass is 196 g/mol. The van der Waals surface area contributed by atoms with Crippen molar-refractivity contribution in [2.45, 2.75) is 12.5 Å². The fraction of sp³-hybridized carbons (Fsp3) is 0.400. The number of hydrogen-bond donors (Lipinski definition) is 2. The first-order chi connectivity index (χ1) is 6.31. The van der Waals surface area contributed by atoms with Gasteiger partial charge in [-0.25, -0.2) is 0 Å². The maximum atomic E-state index is 6.10. The van der Waals surface area contributed by atoms with Crippen LogP contribution in [-0.4, -0.2) is 19.6 Å². The third-order valence-corrected chi connectivity index (χ3v) is 2.87. The van der Waals surface area contributed by atoms with Gasteiger partial charge in [0.2, 0.25) is 0 Å². The number of benzene rings is 1. The molecule has 3 heteroatoms. The first-order valence-electron chi connectivity index (χ1n) is 4.50. The van der Waals surface area contributed by atoms with Crippen LogP contribution >= 0.6 is 11.6 Å². The third kappa shape index (κ3) is 1.64. The lowest BCUT2D eigenvalue weighted by atomic mass is 10.00. The van der Waals surface area contributed by atoms with Gasteiger partial charge in [0.05, 0.1) is 0 Å². The second-order valence-electron chi connectivity index (χ2n) is 3.34. The summed E-state index contributed by atoms with van der Waals surface area (Å²) in [6, 6.07) is 6.49. The van der Waals surface area contributed by atoms with Crippen molar-refractivity contribution in [2.75, 3.05) is 18.9 Å². The topological polar surface area (TPSA) is 24.1 Å². The van der Waals surface area contributed by atoms with E-state index in [1.165, 1.54) is 11.3 Å². The molecule has 1 aromatic rings. The van der Waals surface area contributed by atoms with E-state index in [0.29, 0.717) is 6.04 Å². The lowest BCUT2D eigenvalue weighted by Gasteiger charge is -2.26. The van der Waals surface area contributed by atoms with Crippen molar-refractivity contribution in [3.05, 3.63) is 28.8 Å². The molecule has 0 saturated heterocycles. The summed E-state index contributed by atoms with van der Waals surface area (Å²) in [7, 11) is 1.98. The molecule has 1 aliphatic heterocycles. The highest BCUT2D eigenvalue weighted by Crippen LogP contribution is 2.28. The first-order valence-corrected chi connectivity index (χ1v) is 4.87. The lowest BCUT2D eigenvalue weighted by Crippen LogP contribution is -2.38. The molecular weight excluding hydrogens is 184 g/mol. The molecule has 0 radical (unpaired) electrons. The quantitative estimate of drug-likeness (QED) is 0.717. The SMILES string of the molecule is CNC1CNc2cccc(Cl)c2C1. The van der Waals surface area contributed by atoms with E-state index >= 15 is 0 Å². The van der Waals surface area contributed by atoms with E-state index in [9.17, 15) is 0 Å². The number of rotatable bonds is 1. The minimum atomic E-state index is 0.493. The minimum Gasteiger partial charge on any atom is -0.383 e. The van der Waals surface area contributed by atoms with Crippen LogP contribution in [0.5, 0.6) is 0 Å². The van der Waals surface area contributed by atoms with Crippen LogP contribution in [0.2, 0.25) is 5.02 Å². The molecule has 1 aliphatic rings. The molecule has 1 aromatic carbocycles. The Morgan fingerprint density at radius 3 is 3.15 bits per heavy atom. The molecule has 13 heavy (non-hydrogen) atoms. The molecular formula is C10H13ClN2. The Hall–Kier alpha value is -0.730. The van der Waals surface area contributed by atoms with Gasteiger partial charge in [0, 0.05) is 23.3 Å². The van der Waals surface area contributed by atoms with E-state index in [0.717, 1.165) is 18.0 Å². The van der Waals surface area contributed by atoms with Gasteiger partial charge in [0.25, 0.3) is 0 Å². The number of fused-ring (bicyclic) bond motifs is 1. The first kappa shape index (κ1) is 8.85. The summed E-state index contributed by atoms with van der Waals surface area (Å²) in [5.74, 6) is 0. The Morgan fingerprint density at radius 1 is 1.54 bits per heavy atom. The Balaban J connectivity index is 2.32. The highest BCUT2D eigenvalue weighted by molar-refractivity contribution is 6.31. The molecule has 1 atom stereocenters. The lowest BCUT2D eigenvalue weighted by molar-refractivity contribution is 0.570. The van der Waals surface area contributed by atoms with Gasteiger partial charge in [-0.3, -0.25) is 0 Å². The summed E-state index contributed by atoms with van der Waals surface area (Å²) in [5.41, 5.74) is 2.41. The van der Waals surface area contributed by atoms with Crippen molar-refractivity contribution in [1.82, 2.24) is 5.32 Å². The van der Waals surface area contributed by atoms with Gasteiger partial charge in [-0.15, -0.1) is 0 Å². The fourth-order valence-corrected chi connectivity index (χ4v) is 1.94. The summed E-state index contributed by atoms with van der Waals surface area (Å²) in [6.45, 7) is 0.976. The van der Waals surface area contributed by atoms with Crippen LogP contribution in [-0.2, 0) is 6.42 Å². The van der Waals surface area contributed by atoms with Crippen LogP contribution in [0.3, 0.4) is 0 Å². The Morgan fingerprint density at radius 2 is 2.38 bits per heavy atom. The molecule has 1 heterocycles. The summed E-state index contributed by atoms with van der Waals surface area (Å²) in [5, 5.41) is 7.47. The molecule has 2 N–H and O–H groups in total. The van der Waals surface area contributed by atoms with E-state index in [1.54, 1.807) is 0 Å². The van der Waals surface area contributed by atoms with E-state index in [2.05, 4.69) is 16.7 Å². The molecule has 0 bridgehead atoms. The standard InChI is InChI=1S/C10H13ClN2/c1-12-7-5-8-9(11)3-2-4-10(8)13-6-7/h2-4,7,12-13H,5-6H2,1H3. The summed E-state index contributed by atoms with van der Waals surface area (Å²) in [4.78, 5) is 0. The van der Waals surface area contributed by atoms with Crippen LogP contribution in [0, 0.1) is 0 Å². The highest BCUT2D eigenvalue weighted by Gasteiger charge is 2.18. The average Bonchev–Trinajstić information content (AvgIpc) is 2.18. The summed E-state index contributed by atoms with van der Waals surface area (Å²) < 4.78 is 0. The van der Waals surface area contributed by atoms with Crippen molar-refractivity contribution in [3.63, 3.8) is 0 Å². The predicted octanol–water partition coefficient (Wildman–Crippen LogP) is 1.90. The number of anilines is 1. The second kappa shape index (κ2) is 3.56. The zero-order valence-corrected chi connectivity index (χ0v) is 8.36. The second-order valence-corrected chi connectivity index (χ2v) is 3.74. The maximum Gasteiger partial charge on any atom is 0.0459 e. The number of halogens is 1. The summed E-state index contributed by atoms with van der Waals surface area (Å²) >= 11 is 6.10.